The van der Waals surface area contributed by atoms with Crippen molar-refractivity contribution in [2.24, 2.45) is 5.10 Å². The molecule has 140 valence electrons. The Kier molecular flexibility index (Phi) is 5.65. The summed E-state index contributed by atoms with van der Waals surface area (Å²) >= 11 is 0. The second kappa shape index (κ2) is 8.31. The van der Waals surface area contributed by atoms with Gasteiger partial charge < -0.3 is 9.47 Å². The molecule has 0 unspecified atom stereocenters. The summed E-state index contributed by atoms with van der Waals surface area (Å²) < 4.78 is 12.2. The number of hydrogen-bond acceptors (Lipinski definition) is 6. The van der Waals surface area contributed by atoms with Crippen LogP contribution in [0.2, 0.25) is 0 Å². The number of nitrogens with zero attached hydrogens (tertiary/aromatic N) is 4. The van der Waals surface area contributed by atoms with E-state index in [4.69, 9.17) is 9.47 Å². The molecule has 3 rings (SSSR count). The van der Waals surface area contributed by atoms with Gasteiger partial charge in [0.05, 0.1) is 32.0 Å². The number of para-hydroxylation sites is 1. The van der Waals surface area contributed by atoms with Crippen LogP contribution >= 0.6 is 0 Å². The number of carbonyl (C=O) groups is 1. The summed E-state index contributed by atoms with van der Waals surface area (Å²) in [6.45, 7) is 2.24. The molecule has 2 aromatic carbocycles. The van der Waals surface area contributed by atoms with Crippen LogP contribution in [0.1, 0.15) is 18.9 Å². The summed E-state index contributed by atoms with van der Waals surface area (Å²) in [5.74, 6) is 1.04. The van der Waals surface area contributed by atoms with Gasteiger partial charge in [-0.1, -0.05) is 17.3 Å². The smallest absolute Gasteiger partial charge is 0.241 e. The lowest BCUT2D eigenvalue weighted by Gasteiger charge is -2.09. The van der Waals surface area contributed by atoms with E-state index >= 15 is 0 Å². The molecule has 1 N–H and O–H groups in total. The van der Waals surface area contributed by atoms with E-state index < -0.39 is 0 Å². The summed E-state index contributed by atoms with van der Waals surface area (Å²) in [4.78, 5) is 12.1. The summed E-state index contributed by atoms with van der Waals surface area (Å²) in [5, 5.41) is 12.3. The normalized spacial score (nSPS) is 11.4. The fraction of sp³-hybridized carbons (Fsp3) is 0.263. The molecule has 0 aliphatic carbocycles. The number of amides is 1. The van der Waals surface area contributed by atoms with Crippen molar-refractivity contribution in [3.05, 3.63) is 48.0 Å². The molecule has 0 aliphatic heterocycles. The highest BCUT2D eigenvalue weighted by molar-refractivity contribution is 5.99. The van der Waals surface area contributed by atoms with E-state index in [1.807, 2.05) is 43.3 Å². The van der Waals surface area contributed by atoms with Gasteiger partial charge in [0.2, 0.25) is 5.91 Å². The van der Waals surface area contributed by atoms with Gasteiger partial charge in [-0.2, -0.15) is 5.10 Å². The number of rotatable bonds is 7. The second-order valence-electron chi connectivity index (χ2n) is 5.85. The van der Waals surface area contributed by atoms with Crippen molar-refractivity contribution in [3.8, 4) is 11.5 Å². The molecular formula is C19H21N5O3. The maximum atomic E-state index is 12.1. The van der Waals surface area contributed by atoms with Crippen molar-refractivity contribution in [3.63, 3.8) is 0 Å². The molecule has 1 heterocycles. The Labute approximate surface area is 156 Å². The third-order valence-electron chi connectivity index (χ3n) is 4.12. The number of carbonyl (C=O) groups excluding carboxylic acids is 1. The van der Waals surface area contributed by atoms with E-state index in [1.54, 1.807) is 25.0 Å². The molecule has 0 atom stereocenters. The predicted molar refractivity (Wildman–Crippen MR) is 102 cm³/mol. The van der Waals surface area contributed by atoms with Gasteiger partial charge in [0.1, 0.15) is 5.52 Å². The maximum Gasteiger partial charge on any atom is 0.241 e. The number of aryl methyl sites for hydroxylation is 1. The lowest BCUT2D eigenvalue weighted by atomic mass is 10.1. The molecule has 27 heavy (non-hydrogen) atoms. The molecule has 3 aromatic rings. The molecule has 1 amide bonds. The fourth-order valence-corrected chi connectivity index (χ4v) is 2.62. The zero-order valence-electron chi connectivity index (χ0n) is 15.5. The van der Waals surface area contributed by atoms with E-state index in [0.717, 1.165) is 16.6 Å². The molecular weight excluding hydrogens is 346 g/mol. The zero-order chi connectivity index (χ0) is 19.2. The molecule has 0 radical (unpaired) electrons. The number of benzene rings is 2. The largest absolute Gasteiger partial charge is 0.493 e. The van der Waals surface area contributed by atoms with Crippen LogP contribution in [-0.4, -0.2) is 40.8 Å². The minimum atomic E-state index is -0.200. The van der Waals surface area contributed by atoms with Gasteiger partial charge in [-0.3, -0.25) is 4.79 Å². The number of methoxy groups -OCH3 is 2. The first-order chi connectivity index (χ1) is 13.1. The topological polar surface area (TPSA) is 90.6 Å². The Morgan fingerprint density at radius 1 is 1.15 bits per heavy atom. The van der Waals surface area contributed by atoms with Crippen LogP contribution in [0.4, 0.5) is 0 Å². The van der Waals surface area contributed by atoms with Crippen LogP contribution < -0.4 is 14.9 Å². The number of ether oxygens (including phenoxy) is 2. The van der Waals surface area contributed by atoms with Crippen LogP contribution in [0.25, 0.3) is 11.0 Å². The van der Waals surface area contributed by atoms with Crippen molar-refractivity contribution >= 4 is 22.7 Å². The van der Waals surface area contributed by atoms with E-state index in [-0.39, 0.29) is 12.3 Å². The summed E-state index contributed by atoms with van der Waals surface area (Å²) in [5.41, 5.74) is 5.77. The zero-order valence-corrected chi connectivity index (χ0v) is 15.5. The van der Waals surface area contributed by atoms with Crippen molar-refractivity contribution < 1.29 is 14.3 Å². The van der Waals surface area contributed by atoms with Gasteiger partial charge in [0, 0.05) is 12.0 Å². The molecule has 8 heteroatoms. The first kappa shape index (κ1) is 18.4. The average Bonchev–Trinajstić information content (AvgIpc) is 3.13. The van der Waals surface area contributed by atoms with Crippen LogP contribution in [0.15, 0.2) is 47.6 Å². The monoisotopic (exact) mass is 367 g/mol. The Bertz CT molecular complexity index is 980. The van der Waals surface area contributed by atoms with E-state index in [0.29, 0.717) is 23.8 Å². The Morgan fingerprint density at radius 2 is 1.93 bits per heavy atom. The van der Waals surface area contributed by atoms with Crippen molar-refractivity contribution in [2.75, 3.05) is 14.2 Å². The Morgan fingerprint density at radius 3 is 2.70 bits per heavy atom. The van der Waals surface area contributed by atoms with E-state index in [2.05, 4.69) is 20.8 Å². The quantitative estimate of drug-likeness (QED) is 0.511. The van der Waals surface area contributed by atoms with Crippen molar-refractivity contribution in [1.29, 1.82) is 0 Å². The lowest BCUT2D eigenvalue weighted by Crippen LogP contribution is -2.21. The fourth-order valence-electron chi connectivity index (χ4n) is 2.62. The number of aromatic nitrogens is 3. The Hall–Kier alpha value is -3.42. The van der Waals surface area contributed by atoms with Gasteiger partial charge >= 0.3 is 0 Å². The SMILES string of the molecule is COc1ccc(/C(C)=N/NC(=O)CCn2nnc3ccccc32)cc1OC. The number of fused-ring (bicyclic) bond motifs is 1. The van der Waals surface area contributed by atoms with E-state index in [9.17, 15) is 4.79 Å². The number of nitrogens with one attached hydrogen (secondary N) is 1. The van der Waals surface area contributed by atoms with Gasteiger partial charge in [-0.05, 0) is 37.3 Å². The first-order valence-electron chi connectivity index (χ1n) is 8.46. The summed E-state index contributed by atoms with van der Waals surface area (Å²) in [6, 6.07) is 13.1. The highest BCUT2D eigenvalue weighted by Gasteiger charge is 2.08. The predicted octanol–water partition coefficient (Wildman–Crippen LogP) is 2.38. The molecule has 0 aliphatic rings. The number of hydrazone groups is 1. The highest BCUT2D eigenvalue weighted by Crippen LogP contribution is 2.27. The Balaban J connectivity index is 1.60. The molecule has 0 saturated carbocycles. The van der Waals surface area contributed by atoms with Crippen LogP contribution in [0, 0.1) is 0 Å². The van der Waals surface area contributed by atoms with Crippen LogP contribution in [0.5, 0.6) is 11.5 Å². The first-order valence-corrected chi connectivity index (χ1v) is 8.46. The van der Waals surface area contributed by atoms with E-state index in [1.165, 1.54) is 0 Å². The van der Waals surface area contributed by atoms with Crippen molar-refractivity contribution in [1.82, 2.24) is 20.4 Å². The average molecular weight is 367 g/mol. The standard InChI is InChI=1S/C19H21N5O3/c1-13(14-8-9-17(26-2)18(12-14)27-3)20-22-19(25)10-11-24-16-7-5-4-6-15(16)21-23-24/h4-9,12H,10-11H2,1-3H3,(H,22,25)/b20-13+. The van der Waals surface area contributed by atoms with Crippen LogP contribution in [-0.2, 0) is 11.3 Å². The molecule has 1 aromatic heterocycles. The minimum Gasteiger partial charge on any atom is -0.493 e. The van der Waals surface area contributed by atoms with Crippen molar-refractivity contribution in [2.45, 2.75) is 19.9 Å². The van der Waals surface area contributed by atoms with Gasteiger partial charge in [0.25, 0.3) is 0 Å². The highest BCUT2D eigenvalue weighted by atomic mass is 16.5. The minimum absolute atomic E-state index is 0.200. The van der Waals surface area contributed by atoms with Gasteiger partial charge in [0.15, 0.2) is 11.5 Å². The van der Waals surface area contributed by atoms with Gasteiger partial charge in [-0.25, -0.2) is 10.1 Å². The summed E-state index contributed by atoms with van der Waals surface area (Å²) in [6.07, 6.45) is 0.246. The van der Waals surface area contributed by atoms with Gasteiger partial charge in [-0.15, -0.1) is 5.10 Å². The molecule has 0 bridgehead atoms. The third kappa shape index (κ3) is 4.22. The molecule has 0 saturated heterocycles. The molecule has 0 spiro atoms. The second-order valence-corrected chi connectivity index (χ2v) is 5.85. The van der Waals surface area contributed by atoms with Crippen LogP contribution in [0.3, 0.4) is 0 Å². The number of hydrogen-bond donors (Lipinski definition) is 1. The maximum absolute atomic E-state index is 12.1. The molecule has 8 nitrogen and oxygen atoms in total. The lowest BCUT2D eigenvalue weighted by molar-refractivity contribution is -0.121. The molecule has 0 fully saturated rings. The summed E-state index contributed by atoms with van der Waals surface area (Å²) in [7, 11) is 3.15. The third-order valence-corrected chi connectivity index (χ3v) is 4.12.